The maximum atomic E-state index is 13.9. The third-order valence-electron chi connectivity index (χ3n) is 3.71. The van der Waals surface area contributed by atoms with Gasteiger partial charge in [-0.25, -0.2) is 4.39 Å². The molecule has 0 spiro atoms. The topological polar surface area (TPSA) is 18.5 Å². The molecule has 0 N–H and O–H groups in total. The van der Waals surface area contributed by atoms with E-state index in [9.17, 15) is 4.39 Å². The van der Waals surface area contributed by atoms with Crippen LogP contribution in [0.1, 0.15) is 18.1 Å². The van der Waals surface area contributed by atoms with Crippen molar-refractivity contribution in [2.75, 3.05) is 13.8 Å². The summed E-state index contributed by atoms with van der Waals surface area (Å²) in [6, 6.07) is 19.1. The molecule has 0 fully saturated rings. The van der Waals surface area contributed by atoms with Gasteiger partial charge in [0.25, 0.3) is 0 Å². The molecule has 0 aromatic heterocycles. The summed E-state index contributed by atoms with van der Waals surface area (Å²) in [4.78, 5) is 0. The second-order valence-electron chi connectivity index (χ2n) is 5.60. The van der Waals surface area contributed by atoms with Crippen LogP contribution in [0, 0.1) is 17.3 Å². The molecule has 2 unspecified atom stereocenters. The van der Waals surface area contributed by atoms with Gasteiger partial charge in [0.05, 0.1) is 6.61 Å². The number of methoxy groups -OCH3 is 1. The number of benzene rings is 2. The molecule has 0 heterocycles. The largest absolute Gasteiger partial charge is 0.343 e. The molecule has 24 heavy (non-hydrogen) atoms. The minimum absolute atomic E-state index is 0.280. The smallest absolute Gasteiger partial charge is 0.246 e. The Labute approximate surface area is 151 Å². The molecule has 2 rings (SSSR count). The summed E-state index contributed by atoms with van der Waals surface area (Å²) in [7, 11) is 1.47. The minimum atomic E-state index is -1.35. The van der Waals surface area contributed by atoms with E-state index in [1.54, 1.807) is 6.92 Å². The number of rotatable bonds is 6. The number of alkyl halides is 2. The van der Waals surface area contributed by atoms with Crippen molar-refractivity contribution in [3.8, 4) is 11.8 Å². The predicted octanol–water partition coefficient (Wildman–Crippen LogP) is 4.93. The first-order valence-electron chi connectivity index (χ1n) is 7.59. The van der Waals surface area contributed by atoms with Gasteiger partial charge in [-0.3, -0.25) is 0 Å². The van der Waals surface area contributed by atoms with Gasteiger partial charge >= 0.3 is 0 Å². The first kappa shape index (κ1) is 18.7. The van der Waals surface area contributed by atoms with E-state index in [0.29, 0.717) is 0 Å². The monoisotopic (exact) mass is 390 g/mol. The lowest BCUT2D eigenvalue weighted by molar-refractivity contribution is -0.206. The molecular weight excluding hydrogens is 371 g/mol. The van der Waals surface area contributed by atoms with Gasteiger partial charge in [0.2, 0.25) is 4.70 Å². The van der Waals surface area contributed by atoms with Crippen molar-refractivity contribution in [1.82, 2.24) is 0 Å². The van der Waals surface area contributed by atoms with Crippen molar-refractivity contribution in [3.05, 3.63) is 71.8 Å². The molecular formula is C20H20BrFO2. The van der Waals surface area contributed by atoms with Crippen LogP contribution in [0.3, 0.4) is 0 Å². The summed E-state index contributed by atoms with van der Waals surface area (Å²) >= 11 is 3.41. The molecule has 0 radical (unpaired) electrons. The quantitative estimate of drug-likeness (QED) is 0.395. The standard InChI is InChI=1S/C20H20BrFO2/c1-19(16-22,14-13-17-9-5-3-6-10-17)20(21,23-2)24-15-18-11-7-4-8-12-18/h3-12H,15-16H2,1-2H3. The van der Waals surface area contributed by atoms with E-state index in [2.05, 4.69) is 27.8 Å². The second-order valence-corrected chi connectivity index (χ2v) is 6.64. The normalized spacial score (nSPS) is 15.7. The van der Waals surface area contributed by atoms with Crippen LogP contribution >= 0.6 is 15.9 Å². The molecule has 0 saturated carbocycles. The van der Waals surface area contributed by atoms with Crippen LogP contribution < -0.4 is 0 Å². The average molecular weight is 391 g/mol. The SMILES string of the molecule is COC(Br)(OCc1ccccc1)C(C)(C#Cc1ccccc1)CF. The van der Waals surface area contributed by atoms with Crippen molar-refractivity contribution in [2.24, 2.45) is 5.41 Å². The number of ether oxygens (including phenoxy) is 2. The molecule has 0 saturated heterocycles. The lowest BCUT2D eigenvalue weighted by Gasteiger charge is -2.37. The third-order valence-corrected chi connectivity index (χ3v) is 5.14. The zero-order valence-electron chi connectivity index (χ0n) is 13.8. The highest BCUT2D eigenvalue weighted by Gasteiger charge is 2.48. The Bertz CT molecular complexity index is 696. The summed E-state index contributed by atoms with van der Waals surface area (Å²) in [6.07, 6.45) is 0. The van der Waals surface area contributed by atoms with Gasteiger partial charge in [0.15, 0.2) is 0 Å². The Kier molecular flexibility index (Phi) is 6.56. The van der Waals surface area contributed by atoms with Crippen molar-refractivity contribution in [1.29, 1.82) is 0 Å². The summed E-state index contributed by atoms with van der Waals surface area (Å²) in [6.45, 7) is 1.23. The fourth-order valence-electron chi connectivity index (χ4n) is 2.11. The number of hydrogen-bond acceptors (Lipinski definition) is 2. The molecule has 0 aliphatic carbocycles. The van der Waals surface area contributed by atoms with Crippen LogP contribution in [0.15, 0.2) is 60.7 Å². The molecule has 2 aromatic carbocycles. The van der Waals surface area contributed by atoms with Crippen molar-refractivity contribution in [2.45, 2.75) is 18.2 Å². The van der Waals surface area contributed by atoms with Crippen molar-refractivity contribution < 1.29 is 13.9 Å². The van der Waals surface area contributed by atoms with Crippen LogP contribution in [0.25, 0.3) is 0 Å². The summed E-state index contributed by atoms with van der Waals surface area (Å²) in [5.74, 6) is 5.96. The maximum Gasteiger partial charge on any atom is 0.246 e. The van der Waals surface area contributed by atoms with Crippen molar-refractivity contribution in [3.63, 3.8) is 0 Å². The first-order chi connectivity index (χ1) is 11.5. The number of halogens is 2. The Hall–Kier alpha value is -1.67. The van der Waals surface area contributed by atoms with Gasteiger partial charge in [-0.2, -0.15) is 0 Å². The van der Waals surface area contributed by atoms with E-state index in [1.807, 2.05) is 60.7 Å². The van der Waals surface area contributed by atoms with Crippen molar-refractivity contribution >= 4 is 15.9 Å². The van der Waals surface area contributed by atoms with Gasteiger partial charge in [-0.15, -0.1) is 0 Å². The van der Waals surface area contributed by atoms with Gasteiger partial charge in [-0.05, 0) is 40.5 Å². The molecule has 0 amide bonds. The zero-order chi connectivity index (χ0) is 17.5. The summed E-state index contributed by atoms with van der Waals surface area (Å²) < 4.78 is 23.8. The third kappa shape index (κ3) is 4.45. The molecule has 2 nitrogen and oxygen atoms in total. The lowest BCUT2D eigenvalue weighted by Crippen LogP contribution is -2.46. The molecule has 0 bridgehead atoms. The Morgan fingerprint density at radius 3 is 2.17 bits per heavy atom. The fourth-order valence-corrected chi connectivity index (χ4v) is 2.43. The molecule has 126 valence electrons. The van der Waals surface area contributed by atoms with Gasteiger partial charge < -0.3 is 9.47 Å². The first-order valence-corrected chi connectivity index (χ1v) is 8.38. The highest BCUT2D eigenvalue weighted by Crippen LogP contribution is 2.41. The second kappa shape index (κ2) is 8.43. The van der Waals surface area contributed by atoms with Crippen LogP contribution in [-0.4, -0.2) is 18.5 Å². The van der Waals surface area contributed by atoms with E-state index in [0.717, 1.165) is 11.1 Å². The molecule has 4 heteroatoms. The van der Waals surface area contributed by atoms with Gasteiger partial charge in [-0.1, -0.05) is 60.4 Å². The Morgan fingerprint density at radius 1 is 1.04 bits per heavy atom. The van der Waals surface area contributed by atoms with Crippen LogP contribution in [0.2, 0.25) is 0 Å². The van der Waals surface area contributed by atoms with E-state index in [1.165, 1.54) is 7.11 Å². The molecule has 2 aromatic rings. The fraction of sp³-hybridized carbons (Fsp3) is 0.300. The Balaban J connectivity index is 2.21. The van der Waals surface area contributed by atoms with E-state index < -0.39 is 16.8 Å². The highest BCUT2D eigenvalue weighted by atomic mass is 79.9. The minimum Gasteiger partial charge on any atom is -0.343 e. The van der Waals surface area contributed by atoms with Crippen LogP contribution in [0.5, 0.6) is 0 Å². The summed E-state index contributed by atoms with van der Waals surface area (Å²) in [5.41, 5.74) is 0.605. The molecule has 0 aliphatic heterocycles. The average Bonchev–Trinajstić information content (AvgIpc) is 2.65. The van der Waals surface area contributed by atoms with E-state index in [-0.39, 0.29) is 6.61 Å². The van der Waals surface area contributed by atoms with E-state index >= 15 is 0 Å². The maximum absolute atomic E-state index is 13.9. The lowest BCUT2D eigenvalue weighted by atomic mass is 9.91. The Morgan fingerprint density at radius 2 is 1.62 bits per heavy atom. The molecule has 2 atom stereocenters. The zero-order valence-corrected chi connectivity index (χ0v) is 15.3. The summed E-state index contributed by atoms with van der Waals surface area (Å²) in [5, 5.41) is 0. The predicted molar refractivity (Wildman–Crippen MR) is 97.3 cm³/mol. The van der Waals surface area contributed by atoms with Crippen LogP contribution in [0.4, 0.5) is 4.39 Å². The highest BCUT2D eigenvalue weighted by molar-refractivity contribution is 9.10. The van der Waals surface area contributed by atoms with Crippen LogP contribution in [-0.2, 0) is 16.1 Å². The van der Waals surface area contributed by atoms with E-state index in [4.69, 9.17) is 9.47 Å². The van der Waals surface area contributed by atoms with Gasteiger partial charge in [0, 0.05) is 12.7 Å². The number of hydrogen-bond donors (Lipinski definition) is 0. The molecule has 0 aliphatic rings. The van der Waals surface area contributed by atoms with Gasteiger partial charge in [0.1, 0.15) is 12.1 Å².